The Balaban J connectivity index is 2.98. The van der Waals surface area contributed by atoms with Gasteiger partial charge in [-0.2, -0.15) is 0 Å². The van der Waals surface area contributed by atoms with Gasteiger partial charge in [-0.25, -0.2) is 0 Å². The molecule has 0 aromatic carbocycles. The molecule has 0 aliphatic carbocycles. The number of carbonyl (C=O) groups excluding carboxylic acids is 1. The van der Waals surface area contributed by atoms with Crippen molar-refractivity contribution >= 4 is 5.78 Å². The molecule has 0 spiro atoms. The summed E-state index contributed by atoms with van der Waals surface area (Å²) in [6.45, 7) is 2.28. The maximum atomic E-state index is 10.4. The number of Topliss-reactive ketones (excluding diaryl/α,β-unsaturated/α-hetero) is 1. The molecule has 0 rings (SSSR count). The summed E-state index contributed by atoms with van der Waals surface area (Å²) in [5.74, 6) is 0.201. The van der Waals surface area contributed by atoms with Gasteiger partial charge in [0.15, 0.2) is 0 Å². The molecule has 0 unspecified atom stereocenters. The Bertz CT molecular complexity index is 103. The second kappa shape index (κ2) is 5.34. The molecule has 0 aliphatic heterocycles. The lowest BCUT2D eigenvalue weighted by atomic mass is 10.2. The second-order valence-electron chi connectivity index (χ2n) is 2.29. The summed E-state index contributed by atoms with van der Waals surface area (Å²) in [5, 5.41) is 2.80. The number of nitrogens with one attached hydrogen (secondary N) is 1. The van der Waals surface area contributed by atoms with E-state index in [1.807, 2.05) is 0 Å². The molecule has 0 bridgehead atoms. The minimum absolute atomic E-state index is 0.201. The van der Waals surface area contributed by atoms with E-state index in [0.29, 0.717) is 13.0 Å². The van der Waals surface area contributed by atoms with Crippen LogP contribution in [0.25, 0.3) is 0 Å². The van der Waals surface area contributed by atoms with Crippen molar-refractivity contribution in [1.82, 2.24) is 5.32 Å². The zero-order valence-electron chi connectivity index (χ0n) is 6.26. The Labute approximate surface area is 61.0 Å². The van der Waals surface area contributed by atoms with Gasteiger partial charge in [0.05, 0.1) is 0 Å². The lowest BCUT2D eigenvalue weighted by molar-refractivity contribution is -0.117. The van der Waals surface area contributed by atoms with Gasteiger partial charge in [-0.1, -0.05) is 0 Å². The van der Waals surface area contributed by atoms with E-state index in [2.05, 4.69) is 5.32 Å². The fraction of sp³-hybridized carbons (Fsp3) is 0.833. The fourth-order valence-corrected chi connectivity index (χ4v) is 0.606. The van der Waals surface area contributed by atoms with Crippen LogP contribution in [0.4, 0.5) is 0 Å². The van der Waals surface area contributed by atoms with Gasteiger partial charge in [-0.15, -0.1) is 0 Å². The van der Waals surface area contributed by atoms with Crippen LogP contribution >= 0.6 is 0 Å². The van der Waals surface area contributed by atoms with Crippen LogP contribution in [-0.2, 0) is 4.79 Å². The highest BCUT2D eigenvalue weighted by molar-refractivity contribution is 5.75. The van der Waals surface area contributed by atoms with E-state index in [4.69, 9.17) is 11.5 Å². The molecule has 4 nitrogen and oxygen atoms in total. The van der Waals surface area contributed by atoms with Crippen molar-refractivity contribution in [3.05, 3.63) is 0 Å². The van der Waals surface area contributed by atoms with Gasteiger partial charge < -0.3 is 16.3 Å². The van der Waals surface area contributed by atoms with E-state index in [-0.39, 0.29) is 5.78 Å². The molecule has 0 radical (unpaired) electrons. The third kappa shape index (κ3) is 7.55. The molecule has 0 aliphatic rings. The summed E-state index contributed by atoms with van der Waals surface area (Å²) in [4.78, 5) is 10.4. The third-order valence-corrected chi connectivity index (χ3v) is 1.09. The summed E-state index contributed by atoms with van der Waals surface area (Å²) in [6, 6.07) is 0. The zero-order chi connectivity index (χ0) is 7.98. The van der Waals surface area contributed by atoms with Crippen molar-refractivity contribution in [2.75, 3.05) is 6.54 Å². The van der Waals surface area contributed by atoms with Crippen molar-refractivity contribution in [3.8, 4) is 0 Å². The minimum Gasteiger partial charge on any atom is -0.304 e. The first-order chi connectivity index (χ1) is 4.63. The molecular formula is C6H15N3O. The number of hydrogen-bond acceptors (Lipinski definition) is 4. The molecule has 60 valence electrons. The first kappa shape index (κ1) is 9.55. The zero-order valence-corrected chi connectivity index (χ0v) is 6.26. The molecule has 0 saturated heterocycles. The Morgan fingerprint density at radius 2 is 2.20 bits per heavy atom. The van der Waals surface area contributed by atoms with E-state index in [1.165, 1.54) is 0 Å². The molecule has 0 aromatic rings. The first-order valence-electron chi connectivity index (χ1n) is 3.37. The summed E-state index contributed by atoms with van der Waals surface area (Å²) >= 11 is 0. The van der Waals surface area contributed by atoms with Crippen molar-refractivity contribution in [1.29, 1.82) is 0 Å². The highest BCUT2D eigenvalue weighted by Crippen LogP contribution is 1.86. The predicted octanol–water partition coefficient (Wildman–Crippen LogP) is -0.854. The van der Waals surface area contributed by atoms with E-state index < -0.39 is 6.29 Å². The number of carbonyl (C=O) groups is 1. The van der Waals surface area contributed by atoms with Crippen LogP contribution in [0.1, 0.15) is 19.8 Å². The molecule has 0 saturated carbocycles. The van der Waals surface area contributed by atoms with Crippen molar-refractivity contribution in [2.45, 2.75) is 26.1 Å². The minimum atomic E-state index is -0.466. The Hall–Kier alpha value is -0.450. The maximum absolute atomic E-state index is 10.4. The SMILES string of the molecule is CC(=O)CCCNC(N)N. The van der Waals surface area contributed by atoms with Crippen LogP contribution in [0.3, 0.4) is 0 Å². The highest BCUT2D eigenvalue weighted by atomic mass is 16.1. The first-order valence-corrected chi connectivity index (χ1v) is 3.37. The van der Waals surface area contributed by atoms with Crippen LogP contribution in [0, 0.1) is 0 Å². The van der Waals surface area contributed by atoms with Gasteiger partial charge in [0.1, 0.15) is 12.1 Å². The summed E-state index contributed by atoms with van der Waals surface area (Å²) in [5.41, 5.74) is 10.4. The van der Waals surface area contributed by atoms with E-state index >= 15 is 0 Å². The lowest BCUT2D eigenvalue weighted by Gasteiger charge is -2.05. The molecule has 0 fully saturated rings. The number of ketones is 1. The third-order valence-electron chi connectivity index (χ3n) is 1.09. The molecule has 5 N–H and O–H groups in total. The smallest absolute Gasteiger partial charge is 0.129 e. The van der Waals surface area contributed by atoms with Gasteiger partial charge in [0.25, 0.3) is 0 Å². The van der Waals surface area contributed by atoms with Crippen LogP contribution in [0.2, 0.25) is 0 Å². The molecule has 0 aromatic heterocycles. The van der Waals surface area contributed by atoms with Crippen LogP contribution in [-0.4, -0.2) is 18.6 Å². The Morgan fingerprint density at radius 3 is 2.60 bits per heavy atom. The highest BCUT2D eigenvalue weighted by Gasteiger charge is 1.94. The molecule has 4 heteroatoms. The van der Waals surface area contributed by atoms with Crippen LogP contribution < -0.4 is 16.8 Å². The lowest BCUT2D eigenvalue weighted by Crippen LogP contribution is -2.45. The molecule has 10 heavy (non-hydrogen) atoms. The number of hydrogen-bond donors (Lipinski definition) is 3. The fourth-order valence-electron chi connectivity index (χ4n) is 0.606. The maximum Gasteiger partial charge on any atom is 0.129 e. The van der Waals surface area contributed by atoms with Crippen LogP contribution in [0.15, 0.2) is 0 Å². The van der Waals surface area contributed by atoms with Crippen molar-refractivity contribution in [3.63, 3.8) is 0 Å². The number of rotatable bonds is 5. The average Bonchev–Trinajstić information content (AvgIpc) is 1.79. The molecule has 0 amide bonds. The van der Waals surface area contributed by atoms with Gasteiger partial charge in [0.2, 0.25) is 0 Å². The van der Waals surface area contributed by atoms with Gasteiger partial charge >= 0.3 is 0 Å². The normalized spacial score (nSPS) is 10.4. The van der Waals surface area contributed by atoms with Crippen molar-refractivity contribution in [2.24, 2.45) is 11.5 Å². The van der Waals surface area contributed by atoms with Gasteiger partial charge in [-0.05, 0) is 19.9 Å². The quantitative estimate of drug-likeness (QED) is 0.347. The van der Waals surface area contributed by atoms with Crippen LogP contribution in [0.5, 0.6) is 0 Å². The van der Waals surface area contributed by atoms with Gasteiger partial charge in [0, 0.05) is 6.42 Å². The Morgan fingerprint density at radius 1 is 1.60 bits per heavy atom. The van der Waals surface area contributed by atoms with E-state index in [1.54, 1.807) is 6.92 Å². The number of nitrogens with two attached hydrogens (primary N) is 2. The van der Waals surface area contributed by atoms with Gasteiger partial charge in [-0.3, -0.25) is 5.32 Å². The van der Waals surface area contributed by atoms with E-state index in [0.717, 1.165) is 6.42 Å². The topological polar surface area (TPSA) is 81.1 Å². The molecular weight excluding hydrogens is 130 g/mol. The second-order valence-corrected chi connectivity index (χ2v) is 2.29. The molecule has 0 atom stereocenters. The average molecular weight is 145 g/mol. The summed E-state index contributed by atoms with van der Waals surface area (Å²) < 4.78 is 0. The summed E-state index contributed by atoms with van der Waals surface area (Å²) in [7, 11) is 0. The van der Waals surface area contributed by atoms with Crippen molar-refractivity contribution < 1.29 is 4.79 Å². The Kier molecular flexibility index (Phi) is 5.10. The monoisotopic (exact) mass is 145 g/mol. The summed E-state index contributed by atoms with van der Waals surface area (Å²) in [6.07, 6.45) is 0.937. The van der Waals surface area contributed by atoms with E-state index in [9.17, 15) is 4.79 Å². The standard InChI is InChI=1S/C6H15N3O/c1-5(10)3-2-4-9-6(7)8/h6,9H,2-4,7-8H2,1H3. The molecule has 0 heterocycles. The predicted molar refractivity (Wildman–Crippen MR) is 40.1 cm³/mol. The largest absolute Gasteiger partial charge is 0.304 e.